The fourth-order valence-electron chi connectivity index (χ4n) is 1.85. The number of nitrogens with zero attached hydrogens (tertiary/aromatic N) is 2. The number of benzene rings is 2. The van der Waals surface area contributed by atoms with Crippen molar-refractivity contribution in [3.05, 3.63) is 73.8 Å². The first-order valence-electron chi connectivity index (χ1n) is 6.54. The number of nitriles is 1. The van der Waals surface area contributed by atoms with E-state index in [0.717, 1.165) is 6.07 Å². The molecule has 2 aromatic rings. The van der Waals surface area contributed by atoms with Crippen molar-refractivity contribution in [3.63, 3.8) is 0 Å². The van der Waals surface area contributed by atoms with Gasteiger partial charge in [0.1, 0.15) is 17.3 Å². The van der Waals surface area contributed by atoms with Gasteiger partial charge in [-0.1, -0.05) is 41.4 Å². The number of nitro benzene ring substituents is 1. The molecule has 0 aromatic heterocycles. The number of rotatable bonds is 4. The highest BCUT2D eigenvalue weighted by atomic mass is 35.5. The number of nitrogens with one attached hydrogen (secondary N) is 1. The maximum absolute atomic E-state index is 12.2. The van der Waals surface area contributed by atoms with E-state index in [1.807, 2.05) is 0 Å². The molecule has 24 heavy (non-hydrogen) atoms. The molecule has 0 aliphatic heterocycles. The van der Waals surface area contributed by atoms with Crippen LogP contribution in [0.5, 0.6) is 0 Å². The third kappa shape index (κ3) is 4.10. The van der Waals surface area contributed by atoms with Gasteiger partial charge in [-0.15, -0.1) is 0 Å². The quantitative estimate of drug-likeness (QED) is 0.376. The molecule has 0 aliphatic carbocycles. The van der Waals surface area contributed by atoms with Gasteiger partial charge >= 0.3 is 0 Å². The summed E-state index contributed by atoms with van der Waals surface area (Å²) in [5, 5.41) is 23.1. The number of hydrogen-bond donors (Lipinski definition) is 1. The molecular weight excluding hydrogens is 353 g/mol. The van der Waals surface area contributed by atoms with E-state index in [1.54, 1.807) is 30.3 Å². The van der Waals surface area contributed by atoms with Crippen molar-refractivity contribution in [2.45, 2.75) is 0 Å². The monoisotopic (exact) mass is 361 g/mol. The van der Waals surface area contributed by atoms with Crippen LogP contribution in [0.2, 0.25) is 10.0 Å². The molecule has 0 spiro atoms. The molecule has 0 aliphatic rings. The van der Waals surface area contributed by atoms with Gasteiger partial charge in [0.15, 0.2) is 0 Å². The van der Waals surface area contributed by atoms with Crippen LogP contribution in [0.1, 0.15) is 5.56 Å². The average Bonchev–Trinajstić information content (AvgIpc) is 2.55. The largest absolute Gasteiger partial charge is 0.316 e. The van der Waals surface area contributed by atoms with Gasteiger partial charge < -0.3 is 5.32 Å². The molecule has 1 N–H and O–H groups in total. The van der Waals surface area contributed by atoms with Crippen molar-refractivity contribution in [1.29, 1.82) is 5.26 Å². The Morgan fingerprint density at radius 2 is 1.96 bits per heavy atom. The maximum Gasteiger partial charge on any atom is 0.294 e. The first-order valence-corrected chi connectivity index (χ1v) is 7.29. The van der Waals surface area contributed by atoms with Crippen molar-refractivity contribution in [3.8, 4) is 6.07 Å². The molecule has 1 amide bonds. The SMILES string of the molecule is N#C/C(=C\c1ccccc1Cl)C(=O)Nc1ccc(Cl)cc1[N+](=O)[O-]. The van der Waals surface area contributed by atoms with Crippen LogP contribution in [-0.4, -0.2) is 10.8 Å². The van der Waals surface area contributed by atoms with E-state index in [-0.39, 0.29) is 22.0 Å². The van der Waals surface area contributed by atoms with E-state index < -0.39 is 10.8 Å². The van der Waals surface area contributed by atoms with Crippen molar-refractivity contribution in [2.24, 2.45) is 0 Å². The molecule has 0 unspecified atom stereocenters. The van der Waals surface area contributed by atoms with Crippen LogP contribution in [0.25, 0.3) is 6.08 Å². The fourth-order valence-corrected chi connectivity index (χ4v) is 2.20. The lowest BCUT2D eigenvalue weighted by Crippen LogP contribution is -2.14. The Hall–Kier alpha value is -2.88. The van der Waals surface area contributed by atoms with Gasteiger partial charge in [0, 0.05) is 16.1 Å². The molecule has 2 aromatic carbocycles. The highest BCUT2D eigenvalue weighted by molar-refractivity contribution is 6.32. The van der Waals surface area contributed by atoms with Crippen LogP contribution in [0.4, 0.5) is 11.4 Å². The second kappa shape index (κ2) is 7.59. The van der Waals surface area contributed by atoms with E-state index >= 15 is 0 Å². The number of carbonyl (C=O) groups excluding carboxylic acids is 1. The zero-order chi connectivity index (χ0) is 17.7. The molecular formula is C16H9Cl2N3O3. The summed E-state index contributed by atoms with van der Waals surface area (Å²) in [6, 6.07) is 12.2. The van der Waals surface area contributed by atoms with Crippen LogP contribution >= 0.6 is 23.2 Å². The molecule has 0 bridgehead atoms. The van der Waals surface area contributed by atoms with Crippen LogP contribution in [-0.2, 0) is 4.79 Å². The van der Waals surface area contributed by atoms with Gasteiger partial charge in [-0.2, -0.15) is 5.26 Å². The number of anilines is 1. The highest BCUT2D eigenvalue weighted by Gasteiger charge is 2.18. The number of halogens is 2. The molecule has 0 radical (unpaired) electrons. The molecule has 0 atom stereocenters. The minimum absolute atomic E-state index is 0.0605. The van der Waals surface area contributed by atoms with Gasteiger partial charge in [-0.3, -0.25) is 14.9 Å². The number of nitro groups is 1. The van der Waals surface area contributed by atoms with Crippen LogP contribution in [0.3, 0.4) is 0 Å². The summed E-state index contributed by atoms with van der Waals surface area (Å²) in [6.07, 6.45) is 1.30. The third-order valence-electron chi connectivity index (χ3n) is 2.97. The normalized spacial score (nSPS) is 10.8. The molecule has 0 heterocycles. The predicted molar refractivity (Wildman–Crippen MR) is 91.8 cm³/mol. The van der Waals surface area contributed by atoms with E-state index in [0.29, 0.717) is 10.6 Å². The van der Waals surface area contributed by atoms with Crippen molar-refractivity contribution in [1.82, 2.24) is 0 Å². The fraction of sp³-hybridized carbons (Fsp3) is 0. The minimum atomic E-state index is -0.789. The zero-order valence-corrected chi connectivity index (χ0v) is 13.5. The summed E-state index contributed by atoms with van der Waals surface area (Å²) in [7, 11) is 0. The topological polar surface area (TPSA) is 96.0 Å². The minimum Gasteiger partial charge on any atom is -0.316 e. The smallest absolute Gasteiger partial charge is 0.294 e. The summed E-state index contributed by atoms with van der Waals surface area (Å²) in [5.41, 5.74) is -0.190. The van der Waals surface area contributed by atoms with Crippen molar-refractivity contribution in [2.75, 3.05) is 5.32 Å². The molecule has 0 fully saturated rings. The Morgan fingerprint density at radius 1 is 1.25 bits per heavy atom. The summed E-state index contributed by atoms with van der Waals surface area (Å²) in [4.78, 5) is 22.6. The number of carbonyl (C=O) groups is 1. The molecule has 8 heteroatoms. The van der Waals surface area contributed by atoms with Crippen LogP contribution in [0, 0.1) is 21.4 Å². The lowest BCUT2D eigenvalue weighted by atomic mass is 10.1. The summed E-state index contributed by atoms with van der Waals surface area (Å²) in [6.45, 7) is 0. The Labute approximate surface area is 147 Å². The first kappa shape index (κ1) is 17.5. The van der Waals surface area contributed by atoms with Crippen molar-refractivity contribution < 1.29 is 9.72 Å². The lowest BCUT2D eigenvalue weighted by Gasteiger charge is -2.06. The van der Waals surface area contributed by atoms with Gasteiger partial charge in [0.25, 0.3) is 11.6 Å². The summed E-state index contributed by atoms with van der Waals surface area (Å²) >= 11 is 11.7. The van der Waals surface area contributed by atoms with Gasteiger partial charge in [-0.05, 0) is 29.8 Å². The average molecular weight is 362 g/mol. The Morgan fingerprint density at radius 3 is 2.58 bits per heavy atom. The van der Waals surface area contributed by atoms with E-state index in [1.165, 1.54) is 18.2 Å². The van der Waals surface area contributed by atoms with Gasteiger partial charge in [0.2, 0.25) is 0 Å². The standard InChI is InChI=1S/C16H9Cl2N3O3/c17-12-5-6-14(15(8-12)21(23)24)20-16(22)11(9-19)7-10-3-1-2-4-13(10)18/h1-8H,(H,20,22)/b11-7+. The molecule has 120 valence electrons. The van der Waals surface area contributed by atoms with E-state index in [4.69, 9.17) is 23.2 Å². The lowest BCUT2D eigenvalue weighted by molar-refractivity contribution is -0.383. The number of hydrogen-bond acceptors (Lipinski definition) is 4. The zero-order valence-electron chi connectivity index (χ0n) is 12.0. The molecule has 2 rings (SSSR count). The predicted octanol–water partition coefficient (Wildman–Crippen LogP) is 4.45. The van der Waals surface area contributed by atoms with E-state index in [2.05, 4.69) is 5.32 Å². The van der Waals surface area contributed by atoms with Crippen LogP contribution < -0.4 is 5.32 Å². The molecule has 6 nitrogen and oxygen atoms in total. The molecule has 0 saturated carbocycles. The van der Waals surface area contributed by atoms with Crippen molar-refractivity contribution >= 4 is 46.6 Å². The third-order valence-corrected chi connectivity index (χ3v) is 3.55. The maximum atomic E-state index is 12.2. The van der Waals surface area contributed by atoms with Crippen LogP contribution in [0.15, 0.2) is 48.0 Å². The van der Waals surface area contributed by atoms with Gasteiger partial charge in [0.05, 0.1) is 4.92 Å². The Balaban J connectivity index is 2.34. The van der Waals surface area contributed by atoms with E-state index in [9.17, 15) is 20.2 Å². The second-order valence-corrected chi connectivity index (χ2v) is 5.41. The Bertz CT molecular complexity index is 888. The number of amides is 1. The summed E-state index contributed by atoms with van der Waals surface area (Å²) < 4.78 is 0. The second-order valence-electron chi connectivity index (χ2n) is 4.56. The Kier molecular flexibility index (Phi) is 5.53. The molecule has 0 saturated heterocycles. The van der Waals surface area contributed by atoms with Gasteiger partial charge in [-0.25, -0.2) is 0 Å². The summed E-state index contributed by atoms with van der Waals surface area (Å²) in [5.74, 6) is -0.789. The highest BCUT2D eigenvalue weighted by Crippen LogP contribution is 2.28. The first-order chi connectivity index (χ1) is 11.4.